The summed E-state index contributed by atoms with van der Waals surface area (Å²) >= 11 is 6.76. The summed E-state index contributed by atoms with van der Waals surface area (Å²) in [6.45, 7) is 5.05. The molecule has 0 fully saturated rings. The van der Waals surface area contributed by atoms with Gasteiger partial charge < -0.3 is 9.64 Å². The van der Waals surface area contributed by atoms with Crippen LogP contribution in [0.4, 0.5) is 5.69 Å². The van der Waals surface area contributed by atoms with Crippen LogP contribution in [0.15, 0.2) is 84.9 Å². The molecule has 4 nitrogen and oxygen atoms in total. The van der Waals surface area contributed by atoms with Crippen molar-refractivity contribution in [3.8, 4) is 47.5 Å². The highest BCUT2D eigenvalue weighted by atomic mass is 32.1. The molecule has 0 aliphatic heterocycles. The van der Waals surface area contributed by atoms with Crippen molar-refractivity contribution in [2.24, 2.45) is 5.92 Å². The van der Waals surface area contributed by atoms with Crippen LogP contribution in [-0.2, 0) is 0 Å². The number of nitrogens with zero attached hydrogens (tertiary/aromatic N) is 3. The second-order valence-electron chi connectivity index (χ2n) is 10.9. The summed E-state index contributed by atoms with van der Waals surface area (Å²) in [6, 6.07) is 30.6. The minimum absolute atomic E-state index is 0.508. The number of benzene rings is 3. The molecule has 0 aliphatic rings. The van der Waals surface area contributed by atoms with Crippen LogP contribution in [0, 0.1) is 5.92 Å². The first-order valence-electron chi connectivity index (χ1n) is 13.8. The van der Waals surface area contributed by atoms with Gasteiger partial charge >= 0.3 is 0 Å². The van der Waals surface area contributed by atoms with Gasteiger partial charge in [0.05, 0.1) is 18.3 Å². The molecule has 0 amide bonds. The van der Waals surface area contributed by atoms with E-state index in [0.29, 0.717) is 5.92 Å². The Kier molecular flexibility index (Phi) is 7.32. The maximum atomic E-state index is 5.86. The van der Waals surface area contributed by atoms with Crippen molar-refractivity contribution < 1.29 is 4.74 Å². The van der Waals surface area contributed by atoms with E-state index in [-0.39, 0.29) is 0 Å². The SMILES string of the molecule is CC(C)COc1ccc(-c2ccc(-c3ccc(-c4cc5sc(-c6ccc(N(C)C)cc6)cc5s4)c4nsnc34)s2)cc1. The Hall–Kier alpha value is -3.56. The highest BCUT2D eigenvalue weighted by molar-refractivity contribution is 7.31. The first kappa shape index (κ1) is 27.3. The van der Waals surface area contributed by atoms with Crippen LogP contribution in [0.3, 0.4) is 0 Å². The molecule has 210 valence electrons. The van der Waals surface area contributed by atoms with E-state index in [1.807, 2.05) is 22.7 Å². The van der Waals surface area contributed by atoms with Gasteiger partial charge in [-0.2, -0.15) is 8.75 Å². The van der Waals surface area contributed by atoms with E-state index in [9.17, 15) is 0 Å². The zero-order valence-electron chi connectivity index (χ0n) is 23.8. The molecule has 8 heteroatoms. The van der Waals surface area contributed by atoms with Gasteiger partial charge in [0.1, 0.15) is 16.8 Å². The standard InChI is InChI=1S/C34H29N3OS4/c1-20(2)19-38-24-11-7-21(8-12-24)27-15-16-28(39-27)25-13-14-26(34-33(25)35-42-36-34)30-18-32-31(41-30)17-29(40-32)22-5-9-23(10-6-22)37(3)4/h5-18,20H,19H2,1-4H3. The van der Waals surface area contributed by atoms with Crippen LogP contribution >= 0.6 is 45.7 Å². The zero-order valence-corrected chi connectivity index (χ0v) is 27.0. The second-order valence-corrected chi connectivity index (χ2v) is 14.7. The fraction of sp³-hybridized carbons (Fsp3) is 0.176. The first-order valence-corrected chi connectivity index (χ1v) is 17.0. The summed E-state index contributed by atoms with van der Waals surface area (Å²) in [4.78, 5) is 7.10. The van der Waals surface area contributed by atoms with Gasteiger partial charge in [0.25, 0.3) is 0 Å². The highest BCUT2D eigenvalue weighted by Gasteiger charge is 2.18. The molecule has 0 saturated carbocycles. The fourth-order valence-electron chi connectivity index (χ4n) is 4.91. The third kappa shape index (κ3) is 5.24. The molecule has 3 aromatic carbocycles. The molecule has 4 aromatic heterocycles. The van der Waals surface area contributed by atoms with Gasteiger partial charge in [-0.05, 0) is 77.7 Å². The summed E-state index contributed by atoms with van der Waals surface area (Å²) in [5.74, 6) is 1.42. The predicted molar refractivity (Wildman–Crippen MR) is 185 cm³/mol. The van der Waals surface area contributed by atoms with Crippen molar-refractivity contribution in [3.63, 3.8) is 0 Å². The molecule has 0 unspecified atom stereocenters. The topological polar surface area (TPSA) is 38.2 Å². The Bertz CT molecular complexity index is 1960. The van der Waals surface area contributed by atoms with Gasteiger partial charge in [0.2, 0.25) is 0 Å². The van der Waals surface area contributed by atoms with Crippen LogP contribution in [0.2, 0.25) is 0 Å². The lowest BCUT2D eigenvalue weighted by Gasteiger charge is -2.12. The van der Waals surface area contributed by atoms with Gasteiger partial charge in [-0.25, -0.2) is 0 Å². The fourth-order valence-corrected chi connectivity index (χ4v) is 8.95. The van der Waals surface area contributed by atoms with Crippen molar-refractivity contribution in [1.29, 1.82) is 0 Å². The molecule has 0 spiro atoms. The quantitative estimate of drug-likeness (QED) is 0.169. The largest absolute Gasteiger partial charge is 0.493 e. The summed E-state index contributed by atoms with van der Waals surface area (Å²) in [5, 5.41) is 0. The van der Waals surface area contributed by atoms with Crippen LogP contribution in [-0.4, -0.2) is 29.4 Å². The van der Waals surface area contributed by atoms with Crippen molar-refractivity contribution in [1.82, 2.24) is 8.75 Å². The average molecular weight is 624 g/mol. The molecule has 42 heavy (non-hydrogen) atoms. The van der Waals surface area contributed by atoms with Crippen LogP contribution < -0.4 is 9.64 Å². The van der Waals surface area contributed by atoms with Crippen molar-refractivity contribution in [3.05, 3.63) is 84.9 Å². The molecular formula is C34H29N3OS4. The lowest BCUT2D eigenvalue weighted by atomic mass is 10.1. The Labute approximate surface area is 261 Å². The lowest BCUT2D eigenvalue weighted by molar-refractivity contribution is 0.271. The van der Waals surface area contributed by atoms with E-state index in [1.165, 1.54) is 57.5 Å². The molecule has 7 rings (SSSR count). The van der Waals surface area contributed by atoms with Gasteiger partial charge in [0, 0.05) is 59.8 Å². The molecular weight excluding hydrogens is 595 g/mol. The molecule has 0 N–H and O–H groups in total. The van der Waals surface area contributed by atoms with E-state index in [0.717, 1.165) is 34.5 Å². The Morgan fingerprint density at radius 1 is 0.643 bits per heavy atom. The van der Waals surface area contributed by atoms with Crippen LogP contribution in [0.1, 0.15) is 13.8 Å². The van der Waals surface area contributed by atoms with E-state index >= 15 is 0 Å². The minimum atomic E-state index is 0.508. The number of rotatable bonds is 8. The number of aromatic nitrogens is 2. The molecule has 0 radical (unpaired) electrons. The monoisotopic (exact) mass is 623 g/mol. The van der Waals surface area contributed by atoms with E-state index in [4.69, 9.17) is 13.5 Å². The molecule has 0 aliphatic carbocycles. The predicted octanol–water partition coefficient (Wildman–Crippen LogP) is 10.8. The average Bonchev–Trinajstić information content (AvgIpc) is 3.80. The molecule has 7 aromatic rings. The smallest absolute Gasteiger partial charge is 0.119 e. The second kappa shape index (κ2) is 11.3. The van der Waals surface area contributed by atoms with Crippen LogP contribution in [0.25, 0.3) is 62.2 Å². The summed E-state index contributed by atoms with van der Waals surface area (Å²) in [5.41, 5.74) is 7.91. The van der Waals surface area contributed by atoms with Gasteiger partial charge in [0.15, 0.2) is 0 Å². The minimum Gasteiger partial charge on any atom is -0.493 e. The van der Waals surface area contributed by atoms with E-state index in [2.05, 4.69) is 118 Å². The number of thiophene rings is 3. The molecule has 0 bridgehead atoms. The zero-order chi connectivity index (χ0) is 28.8. The highest BCUT2D eigenvalue weighted by Crippen LogP contribution is 2.45. The Morgan fingerprint density at radius 2 is 1.21 bits per heavy atom. The van der Waals surface area contributed by atoms with E-state index < -0.39 is 0 Å². The normalized spacial score (nSPS) is 11.6. The van der Waals surface area contributed by atoms with Crippen molar-refractivity contribution >= 4 is 71.9 Å². The first-order chi connectivity index (χ1) is 20.4. The summed E-state index contributed by atoms with van der Waals surface area (Å²) in [7, 11) is 4.14. The summed E-state index contributed by atoms with van der Waals surface area (Å²) in [6.07, 6.45) is 0. The number of anilines is 1. The third-order valence-corrected chi connectivity index (χ3v) is 11.2. The Balaban J connectivity index is 1.16. The molecule has 0 saturated heterocycles. The van der Waals surface area contributed by atoms with Gasteiger partial charge in [-0.1, -0.05) is 38.1 Å². The number of ether oxygens (including phenoxy) is 1. The molecule has 0 atom stereocenters. The Morgan fingerprint density at radius 3 is 1.88 bits per heavy atom. The van der Waals surface area contributed by atoms with Gasteiger partial charge in [-0.3, -0.25) is 0 Å². The number of hydrogen-bond acceptors (Lipinski definition) is 8. The van der Waals surface area contributed by atoms with E-state index in [1.54, 1.807) is 11.3 Å². The maximum Gasteiger partial charge on any atom is 0.119 e. The molecule has 4 heterocycles. The maximum absolute atomic E-state index is 5.86. The number of hydrogen-bond donors (Lipinski definition) is 0. The van der Waals surface area contributed by atoms with Crippen molar-refractivity contribution in [2.75, 3.05) is 25.6 Å². The van der Waals surface area contributed by atoms with Gasteiger partial charge in [-0.15, -0.1) is 34.0 Å². The van der Waals surface area contributed by atoms with Crippen LogP contribution in [0.5, 0.6) is 5.75 Å². The lowest BCUT2D eigenvalue weighted by Crippen LogP contribution is -2.07. The number of fused-ring (bicyclic) bond motifs is 2. The van der Waals surface area contributed by atoms with Crippen molar-refractivity contribution in [2.45, 2.75) is 13.8 Å². The summed E-state index contributed by atoms with van der Waals surface area (Å²) < 4.78 is 18.0. The third-order valence-electron chi connectivity index (χ3n) is 7.15.